The van der Waals surface area contributed by atoms with E-state index in [1.165, 1.54) is 12.1 Å². The smallest absolute Gasteiger partial charge is 0.203 e. The molecule has 0 aliphatic heterocycles. The van der Waals surface area contributed by atoms with Gasteiger partial charge in [-0.25, -0.2) is 8.78 Å². The Morgan fingerprint density at radius 2 is 2.00 bits per heavy atom. The van der Waals surface area contributed by atoms with Crippen LogP contribution in [0.25, 0.3) is 0 Å². The van der Waals surface area contributed by atoms with Crippen LogP contribution in [0.15, 0.2) is 16.7 Å². The molecule has 0 radical (unpaired) electrons. The lowest BCUT2D eigenvalue weighted by atomic mass is 10.4. The zero-order chi connectivity index (χ0) is 7.56. The lowest BCUT2D eigenvalue weighted by Gasteiger charge is -1.94. The second kappa shape index (κ2) is 3.01. The van der Waals surface area contributed by atoms with E-state index >= 15 is 0 Å². The summed E-state index contributed by atoms with van der Waals surface area (Å²) in [5.74, 6) is 0. The third-order valence-electron chi connectivity index (χ3n) is 0.876. The standard InChI is InChI=1S/C5H3BrF2N2/c6-4-2-1-3(5(7)8)9-10-4/h1-2,5H. The maximum Gasteiger partial charge on any atom is 0.282 e. The predicted molar refractivity (Wildman–Crippen MR) is 34.7 cm³/mol. The molecule has 0 amide bonds. The maximum atomic E-state index is 11.8. The van der Waals surface area contributed by atoms with Gasteiger partial charge in [-0.15, -0.1) is 10.2 Å². The quantitative estimate of drug-likeness (QED) is 0.708. The van der Waals surface area contributed by atoms with Crippen LogP contribution >= 0.6 is 15.9 Å². The first kappa shape index (κ1) is 7.53. The van der Waals surface area contributed by atoms with E-state index in [-0.39, 0.29) is 5.69 Å². The number of hydrogen-bond donors (Lipinski definition) is 0. The number of alkyl halides is 2. The van der Waals surface area contributed by atoms with Gasteiger partial charge in [-0.3, -0.25) is 0 Å². The van der Waals surface area contributed by atoms with Crippen LogP contribution in [0, 0.1) is 0 Å². The minimum Gasteiger partial charge on any atom is -0.203 e. The summed E-state index contributed by atoms with van der Waals surface area (Å²) in [5, 5.41) is 6.62. The fraction of sp³-hybridized carbons (Fsp3) is 0.200. The van der Waals surface area contributed by atoms with E-state index in [9.17, 15) is 8.78 Å². The largest absolute Gasteiger partial charge is 0.282 e. The lowest BCUT2D eigenvalue weighted by Crippen LogP contribution is -1.91. The molecule has 0 N–H and O–H groups in total. The third kappa shape index (κ3) is 1.70. The van der Waals surface area contributed by atoms with Gasteiger partial charge in [0.1, 0.15) is 10.3 Å². The van der Waals surface area contributed by atoms with Crippen LogP contribution in [0.1, 0.15) is 12.1 Å². The van der Waals surface area contributed by atoms with Gasteiger partial charge in [-0.2, -0.15) is 0 Å². The van der Waals surface area contributed by atoms with Crippen LogP contribution in [0.2, 0.25) is 0 Å². The molecule has 0 aliphatic rings. The molecule has 1 rings (SSSR count). The monoisotopic (exact) mass is 208 g/mol. The molecule has 2 nitrogen and oxygen atoms in total. The Bertz CT molecular complexity index is 211. The van der Waals surface area contributed by atoms with Crippen LogP contribution in [0.4, 0.5) is 8.78 Å². The zero-order valence-electron chi connectivity index (χ0n) is 4.76. The normalized spacial score (nSPS) is 10.4. The van der Waals surface area contributed by atoms with Crippen molar-refractivity contribution < 1.29 is 8.78 Å². The molecule has 0 fully saturated rings. The lowest BCUT2D eigenvalue weighted by molar-refractivity contribution is 0.144. The van der Waals surface area contributed by atoms with Gasteiger partial charge in [0, 0.05) is 0 Å². The summed E-state index contributed by atoms with van der Waals surface area (Å²) >= 11 is 2.98. The highest BCUT2D eigenvalue weighted by Gasteiger charge is 2.07. The van der Waals surface area contributed by atoms with E-state index in [0.717, 1.165) is 0 Å². The first-order valence-electron chi connectivity index (χ1n) is 2.47. The molecule has 0 aliphatic carbocycles. The van der Waals surface area contributed by atoms with E-state index in [2.05, 4.69) is 26.1 Å². The summed E-state index contributed by atoms with van der Waals surface area (Å²) in [6.07, 6.45) is -2.54. The maximum absolute atomic E-state index is 11.8. The van der Waals surface area contributed by atoms with Crippen molar-refractivity contribution in [2.45, 2.75) is 6.43 Å². The molecule has 1 aromatic heterocycles. The first-order chi connectivity index (χ1) is 4.70. The fourth-order valence-corrected chi connectivity index (χ4v) is 0.654. The van der Waals surface area contributed by atoms with Crippen molar-refractivity contribution in [2.75, 3.05) is 0 Å². The molecule has 10 heavy (non-hydrogen) atoms. The topological polar surface area (TPSA) is 25.8 Å². The van der Waals surface area contributed by atoms with Crippen molar-refractivity contribution in [3.63, 3.8) is 0 Å². The third-order valence-corrected chi connectivity index (χ3v) is 1.30. The van der Waals surface area contributed by atoms with Crippen molar-refractivity contribution in [1.29, 1.82) is 0 Å². The predicted octanol–water partition coefficient (Wildman–Crippen LogP) is 2.18. The van der Waals surface area contributed by atoms with Crippen LogP contribution in [0.3, 0.4) is 0 Å². The molecular formula is C5H3BrF2N2. The number of halogens is 3. The highest BCUT2D eigenvalue weighted by molar-refractivity contribution is 9.10. The van der Waals surface area contributed by atoms with Gasteiger partial charge in [0.25, 0.3) is 6.43 Å². The highest BCUT2D eigenvalue weighted by atomic mass is 79.9. The summed E-state index contributed by atoms with van der Waals surface area (Å²) in [4.78, 5) is 0. The summed E-state index contributed by atoms with van der Waals surface area (Å²) in [6, 6.07) is 2.65. The van der Waals surface area contributed by atoms with Crippen LogP contribution in [-0.4, -0.2) is 10.2 Å². The van der Waals surface area contributed by atoms with Gasteiger partial charge in [0.2, 0.25) is 0 Å². The van der Waals surface area contributed by atoms with E-state index in [0.29, 0.717) is 4.60 Å². The Labute approximate surface area is 64.4 Å². The number of nitrogens with zero attached hydrogens (tertiary/aromatic N) is 2. The van der Waals surface area contributed by atoms with Gasteiger partial charge in [0.05, 0.1) is 0 Å². The van der Waals surface area contributed by atoms with Crippen molar-refractivity contribution in [1.82, 2.24) is 10.2 Å². The Kier molecular flexibility index (Phi) is 2.26. The molecule has 0 aromatic carbocycles. The molecular weight excluding hydrogens is 206 g/mol. The number of rotatable bonds is 1. The van der Waals surface area contributed by atoms with Crippen LogP contribution < -0.4 is 0 Å². The Hall–Kier alpha value is -0.580. The summed E-state index contributed by atoms with van der Waals surface area (Å²) in [5.41, 5.74) is -0.303. The van der Waals surface area contributed by atoms with Crippen LogP contribution in [-0.2, 0) is 0 Å². The molecule has 0 saturated heterocycles. The first-order valence-corrected chi connectivity index (χ1v) is 3.26. The van der Waals surface area contributed by atoms with Gasteiger partial charge in [-0.05, 0) is 28.1 Å². The Morgan fingerprint density at radius 1 is 1.30 bits per heavy atom. The Morgan fingerprint density at radius 3 is 2.40 bits per heavy atom. The van der Waals surface area contributed by atoms with Gasteiger partial charge < -0.3 is 0 Å². The fourth-order valence-electron chi connectivity index (χ4n) is 0.443. The van der Waals surface area contributed by atoms with Crippen molar-refractivity contribution in [3.8, 4) is 0 Å². The zero-order valence-corrected chi connectivity index (χ0v) is 6.35. The summed E-state index contributed by atoms with van der Waals surface area (Å²) < 4.78 is 24.0. The van der Waals surface area contributed by atoms with Crippen molar-refractivity contribution >= 4 is 15.9 Å². The van der Waals surface area contributed by atoms with E-state index in [1.807, 2.05) is 0 Å². The highest BCUT2D eigenvalue weighted by Crippen LogP contribution is 2.15. The van der Waals surface area contributed by atoms with E-state index in [1.54, 1.807) is 0 Å². The molecule has 1 aromatic rings. The van der Waals surface area contributed by atoms with Crippen molar-refractivity contribution in [2.24, 2.45) is 0 Å². The molecule has 5 heteroatoms. The molecule has 0 atom stereocenters. The number of hydrogen-bond acceptors (Lipinski definition) is 2. The molecule has 0 saturated carbocycles. The second-order valence-corrected chi connectivity index (χ2v) is 2.39. The molecule has 54 valence electrons. The Balaban J connectivity index is 2.89. The van der Waals surface area contributed by atoms with Gasteiger partial charge in [-0.1, -0.05) is 0 Å². The molecule has 0 bridgehead atoms. The van der Waals surface area contributed by atoms with Crippen LogP contribution in [0.5, 0.6) is 0 Å². The molecule has 1 heterocycles. The summed E-state index contributed by atoms with van der Waals surface area (Å²) in [7, 11) is 0. The van der Waals surface area contributed by atoms with E-state index < -0.39 is 6.43 Å². The average Bonchev–Trinajstić information content (AvgIpc) is 1.88. The second-order valence-electron chi connectivity index (χ2n) is 1.58. The van der Waals surface area contributed by atoms with Gasteiger partial charge in [0.15, 0.2) is 0 Å². The SMILES string of the molecule is FC(F)c1ccc(Br)nn1. The minimum absolute atomic E-state index is 0.303. The van der Waals surface area contributed by atoms with Gasteiger partial charge >= 0.3 is 0 Å². The van der Waals surface area contributed by atoms with E-state index in [4.69, 9.17) is 0 Å². The minimum atomic E-state index is -2.54. The average molecular weight is 209 g/mol. The molecule has 0 unspecified atom stereocenters. The summed E-state index contributed by atoms with van der Waals surface area (Å²) in [6.45, 7) is 0. The molecule has 0 spiro atoms. The van der Waals surface area contributed by atoms with Crippen molar-refractivity contribution in [3.05, 3.63) is 22.4 Å². The number of aromatic nitrogens is 2.